The van der Waals surface area contributed by atoms with Crippen LogP contribution in [0, 0.1) is 0 Å². The Hall–Kier alpha value is -2.35. The van der Waals surface area contributed by atoms with E-state index >= 15 is 0 Å². The molecule has 25 heavy (non-hydrogen) atoms. The monoisotopic (exact) mass is 368 g/mol. The number of nitrogens with two attached hydrogens (primary N) is 1. The quantitative estimate of drug-likeness (QED) is 0.866. The van der Waals surface area contributed by atoms with Crippen LogP contribution in [-0.4, -0.2) is 11.8 Å². The zero-order chi connectivity index (χ0) is 18.2. The summed E-state index contributed by atoms with van der Waals surface area (Å²) in [6.45, 7) is 0. The van der Waals surface area contributed by atoms with E-state index < -0.39 is 23.6 Å². The van der Waals surface area contributed by atoms with Gasteiger partial charge in [-0.05, 0) is 36.5 Å². The Morgan fingerprint density at radius 2 is 2.00 bits per heavy atom. The molecule has 132 valence electrons. The van der Waals surface area contributed by atoms with Gasteiger partial charge in [0.1, 0.15) is 5.00 Å². The predicted octanol–water partition coefficient (Wildman–Crippen LogP) is 3.54. The third kappa shape index (κ3) is 3.68. The Labute approximate surface area is 145 Å². The number of aryl methyl sites for hydroxylation is 1. The maximum atomic E-state index is 12.7. The molecule has 0 saturated heterocycles. The smallest absolute Gasteiger partial charge is 0.365 e. The van der Waals surface area contributed by atoms with Crippen LogP contribution in [0.4, 0.5) is 18.2 Å². The van der Waals surface area contributed by atoms with Crippen molar-refractivity contribution >= 4 is 28.2 Å². The van der Waals surface area contributed by atoms with E-state index in [9.17, 15) is 22.8 Å². The van der Waals surface area contributed by atoms with E-state index in [4.69, 9.17) is 5.73 Å². The number of hydrogen-bond donors (Lipinski definition) is 2. The van der Waals surface area contributed by atoms with Crippen molar-refractivity contribution in [2.75, 3.05) is 5.32 Å². The number of benzene rings is 1. The first-order valence-electron chi connectivity index (χ1n) is 7.66. The average Bonchev–Trinajstić information content (AvgIpc) is 3.06. The fourth-order valence-corrected chi connectivity index (χ4v) is 4.28. The molecule has 0 unspecified atom stereocenters. The molecule has 0 saturated carbocycles. The molecule has 0 fully saturated rings. The number of rotatable bonds is 4. The molecule has 0 spiro atoms. The van der Waals surface area contributed by atoms with Crippen molar-refractivity contribution in [3.8, 4) is 0 Å². The summed E-state index contributed by atoms with van der Waals surface area (Å²) in [7, 11) is 0. The van der Waals surface area contributed by atoms with Crippen LogP contribution in [0.1, 0.15) is 38.3 Å². The van der Waals surface area contributed by atoms with Gasteiger partial charge in [-0.1, -0.05) is 18.2 Å². The molecule has 1 heterocycles. The van der Waals surface area contributed by atoms with Crippen LogP contribution in [0.3, 0.4) is 0 Å². The molecule has 4 nitrogen and oxygen atoms in total. The number of thiophene rings is 1. The number of halogens is 3. The van der Waals surface area contributed by atoms with Crippen molar-refractivity contribution in [2.24, 2.45) is 5.73 Å². The molecule has 8 heteroatoms. The topological polar surface area (TPSA) is 72.2 Å². The first-order chi connectivity index (χ1) is 11.8. The van der Waals surface area contributed by atoms with E-state index in [1.165, 1.54) is 23.5 Å². The molecule has 2 amide bonds. The molecular formula is C17H15F3N2O2S. The molecule has 3 N–H and O–H groups in total. The van der Waals surface area contributed by atoms with Gasteiger partial charge in [0.25, 0.3) is 5.91 Å². The molecule has 0 aliphatic heterocycles. The Morgan fingerprint density at radius 3 is 2.68 bits per heavy atom. The third-order valence-corrected chi connectivity index (χ3v) is 5.25. The van der Waals surface area contributed by atoms with Crippen LogP contribution in [0.5, 0.6) is 0 Å². The second-order valence-electron chi connectivity index (χ2n) is 5.85. The Kier molecular flexibility index (Phi) is 4.55. The number of alkyl halides is 3. The fraction of sp³-hybridized carbons (Fsp3) is 0.294. The minimum atomic E-state index is -4.46. The minimum absolute atomic E-state index is 0.218. The number of primary amides is 1. The number of carbonyl (C=O) groups is 2. The average molecular weight is 368 g/mol. The van der Waals surface area contributed by atoms with Crippen molar-refractivity contribution in [1.29, 1.82) is 0 Å². The Morgan fingerprint density at radius 1 is 1.24 bits per heavy atom. The van der Waals surface area contributed by atoms with Crippen LogP contribution in [-0.2, 0) is 30.2 Å². The summed E-state index contributed by atoms with van der Waals surface area (Å²) >= 11 is 1.31. The second-order valence-corrected chi connectivity index (χ2v) is 6.95. The van der Waals surface area contributed by atoms with Gasteiger partial charge in [0.2, 0.25) is 5.91 Å². The summed E-state index contributed by atoms with van der Waals surface area (Å²) in [4.78, 5) is 24.9. The molecule has 1 aromatic carbocycles. The number of nitrogens with one attached hydrogen (secondary N) is 1. The molecule has 3 rings (SSSR count). The van der Waals surface area contributed by atoms with Crippen molar-refractivity contribution in [1.82, 2.24) is 0 Å². The first kappa shape index (κ1) is 17.5. The van der Waals surface area contributed by atoms with Crippen LogP contribution in [0.2, 0.25) is 0 Å². The van der Waals surface area contributed by atoms with Gasteiger partial charge in [-0.2, -0.15) is 13.2 Å². The summed E-state index contributed by atoms with van der Waals surface area (Å²) in [6.07, 6.45) is -2.15. The maximum Gasteiger partial charge on any atom is 0.416 e. The summed E-state index contributed by atoms with van der Waals surface area (Å²) in [5, 5.41) is 3.01. The highest BCUT2D eigenvalue weighted by molar-refractivity contribution is 7.17. The zero-order valence-electron chi connectivity index (χ0n) is 13.1. The molecule has 1 aliphatic rings. The Balaban J connectivity index is 1.77. The molecule has 2 aromatic rings. The van der Waals surface area contributed by atoms with Crippen molar-refractivity contribution < 1.29 is 22.8 Å². The second kappa shape index (κ2) is 6.51. The van der Waals surface area contributed by atoms with E-state index in [1.807, 2.05) is 0 Å². The highest BCUT2D eigenvalue weighted by atomic mass is 32.1. The minimum Gasteiger partial charge on any atom is -0.365 e. The lowest BCUT2D eigenvalue weighted by molar-refractivity contribution is -0.137. The highest BCUT2D eigenvalue weighted by Crippen LogP contribution is 2.39. The normalized spacial score (nSPS) is 13.6. The van der Waals surface area contributed by atoms with Gasteiger partial charge in [0.05, 0.1) is 17.5 Å². The summed E-state index contributed by atoms with van der Waals surface area (Å²) in [6, 6.07) is 4.62. The van der Waals surface area contributed by atoms with E-state index in [-0.39, 0.29) is 12.0 Å². The third-order valence-electron chi connectivity index (χ3n) is 4.04. The molecule has 0 bridgehead atoms. The number of anilines is 1. The van der Waals surface area contributed by atoms with Gasteiger partial charge in [0, 0.05) is 4.88 Å². The molecule has 1 aromatic heterocycles. The predicted molar refractivity (Wildman–Crippen MR) is 88.6 cm³/mol. The van der Waals surface area contributed by atoms with Crippen LogP contribution < -0.4 is 11.1 Å². The first-order valence-corrected chi connectivity index (χ1v) is 8.47. The van der Waals surface area contributed by atoms with Gasteiger partial charge >= 0.3 is 6.18 Å². The lowest BCUT2D eigenvalue weighted by atomic mass is 10.1. The number of amides is 2. The lowest BCUT2D eigenvalue weighted by Crippen LogP contribution is -2.19. The van der Waals surface area contributed by atoms with Crippen molar-refractivity contribution in [3.05, 3.63) is 51.4 Å². The fourth-order valence-electron chi connectivity index (χ4n) is 2.97. The van der Waals surface area contributed by atoms with Crippen LogP contribution in [0.15, 0.2) is 24.3 Å². The van der Waals surface area contributed by atoms with Gasteiger partial charge in [-0.25, -0.2) is 0 Å². The lowest BCUT2D eigenvalue weighted by Gasteiger charge is -2.09. The van der Waals surface area contributed by atoms with Gasteiger partial charge in [-0.15, -0.1) is 11.3 Å². The van der Waals surface area contributed by atoms with E-state index in [1.54, 1.807) is 0 Å². The van der Waals surface area contributed by atoms with Crippen molar-refractivity contribution in [3.63, 3.8) is 0 Å². The van der Waals surface area contributed by atoms with Crippen LogP contribution in [0.25, 0.3) is 0 Å². The summed E-state index contributed by atoms with van der Waals surface area (Å²) in [5.41, 5.74) is 6.08. The SMILES string of the molecule is NC(=O)c1c(NC(=O)Cc2cccc(C(F)(F)F)c2)sc2c1CCC2. The van der Waals surface area contributed by atoms with Crippen molar-refractivity contribution in [2.45, 2.75) is 31.9 Å². The standard InChI is InChI=1S/C17H15F3N2O2S/c18-17(19,20)10-4-1-3-9(7-10)8-13(23)22-16-14(15(21)24)11-5-2-6-12(11)25-16/h1,3-4,7H,2,5-6,8H2,(H2,21,24)(H,22,23). The largest absolute Gasteiger partial charge is 0.416 e. The van der Waals surface area contributed by atoms with E-state index in [2.05, 4.69) is 5.32 Å². The van der Waals surface area contributed by atoms with Gasteiger partial charge in [0.15, 0.2) is 0 Å². The Bertz CT molecular complexity index is 843. The highest BCUT2D eigenvalue weighted by Gasteiger charge is 2.30. The molecule has 0 atom stereocenters. The zero-order valence-corrected chi connectivity index (χ0v) is 13.9. The molecule has 1 aliphatic carbocycles. The summed E-state index contributed by atoms with van der Waals surface area (Å²) in [5.74, 6) is -1.09. The van der Waals surface area contributed by atoms with Gasteiger partial charge in [-0.3, -0.25) is 9.59 Å². The van der Waals surface area contributed by atoms with Gasteiger partial charge < -0.3 is 11.1 Å². The number of hydrogen-bond acceptors (Lipinski definition) is 3. The van der Waals surface area contributed by atoms with E-state index in [0.29, 0.717) is 10.6 Å². The number of fused-ring (bicyclic) bond motifs is 1. The van der Waals surface area contributed by atoms with Crippen LogP contribution >= 0.6 is 11.3 Å². The summed E-state index contributed by atoms with van der Waals surface area (Å²) < 4.78 is 38.2. The maximum absolute atomic E-state index is 12.7. The molecular weight excluding hydrogens is 353 g/mol. The molecule has 0 radical (unpaired) electrons. The van der Waals surface area contributed by atoms with E-state index in [0.717, 1.165) is 41.8 Å². The number of carbonyl (C=O) groups excluding carboxylic acids is 2.